The lowest BCUT2D eigenvalue weighted by Crippen LogP contribution is -2.24. The van der Waals surface area contributed by atoms with E-state index in [4.69, 9.17) is 0 Å². The molecule has 3 nitrogen and oxygen atoms in total. The van der Waals surface area contributed by atoms with E-state index in [1.807, 2.05) is 6.92 Å². The first-order valence-electron chi connectivity index (χ1n) is 6.04. The lowest BCUT2D eigenvalue weighted by molar-refractivity contribution is 0.0970. The summed E-state index contributed by atoms with van der Waals surface area (Å²) in [5.74, 6) is -0.579. The molecule has 0 bridgehead atoms. The predicted molar refractivity (Wildman–Crippen MR) is 78.6 cm³/mol. The van der Waals surface area contributed by atoms with Crippen LogP contribution in [0.1, 0.15) is 21.5 Å². The molecule has 0 amide bonds. The summed E-state index contributed by atoms with van der Waals surface area (Å²) in [5, 5.41) is 0. The molecule has 2 rings (SSSR count). The van der Waals surface area contributed by atoms with Crippen molar-refractivity contribution in [2.75, 3.05) is 0 Å². The van der Waals surface area contributed by atoms with Gasteiger partial charge in [0.2, 0.25) is 0 Å². The van der Waals surface area contributed by atoms with E-state index in [0.717, 1.165) is 5.56 Å². The van der Waals surface area contributed by atoms with E-state index in [2.05, 4.69) is 15.9 Å². The van der Waals surface area contributed by atoms with Crippen LogP contribution in [0.4, 0.5) is 4.39 Å². The Morgan fingerprint density at radius 1 is 1.30 bits per heavy atom. The number of benzene rings is 1. The van der Waals surface area contributed by atoms with Gasteiger partial charge in [-0.05, 0) is 65.2 Å². The molecular weight excluding hydrogens is 325 g/mol. The molecule has 0 saturated carbocycles. The van der Waals surface area contributed by atoms with Gasteiger partial charge in [-0.15, -0.1) is 0 Å². The number of Topliss-reactive ketones (excluding diaryl/α,β-unsaturated/α-hetero) is 1. The number of aryl methyl sites for hydroxylation is 2. The molecule has 1 heterocycles. The zero-order chi connectivity index (χ0) is 14.9. The predicted octanol–water partition coefficient (Wildman–Crippen LogP) is 3.25. The summed E-state index contributed by atoms with van der Waals surface area (Å²) in [6.07, 6.45) is 1.63. The maximum atomic E-state index is 13.2. The molecule has 0 radical (unpaired) electrons. The van der Waals surface area contributed by atoms with Gasteiger partial charge in [0, 0.05) is 11.8 Å². The van der Waals surface area contributed by atoms with Crippen molar-refractivity contribution in [3.8, 4) is 0 Å². The zero-order valence-electron chi connectivity index (χ0n) is 11.1. The summed E-state index contributed by atoms with van der Waals surface area (Å²) in [4.78, 5) is 24.1. The summed E-state index contributed by atoms with van der Waals surface area (Å²) < 4.78 is 15.0. The second kappa shape index (κ2) is 5.71. The molecule has 0 saturated heterocycles. The van der Waals surface area contributed by atoms with Gasteiger partial charge in [-0.2, -0.15) is 0 Å². The molecule has 0 fully saturated rings. The Labute approximate surface area is 124 Å². The largest absolute Gasteiger partial charge is 0.306 e. The van der Waals surface area contributed by atoms with Crippen LogP contribution in [0.2, 0.25) is 0 Å². The van der Waals surface area contributed by atoms with Gasteiger partial charge in [-0.1, -0.05) is 0 Å². The number of hydrogen-bond acceptors (Lipinski definition) is 2. The summed E-state index contributed by atoms with van der Waals surface area (Å²) in [7, 11) is 0. The third kappa shape index (κ3) is 3.04. The Morgan fingerprint density at radius 3 is 2.65 bits per heavy atom. The molecule has 1 aromatic heterocycles. The third-order valence-electron chi connectivity index (χ3n) is 2.97. The summed E-state index contributed by atoms with van der Waals surface area (Å²) in [6, 6.07) is 5.89. The van der Waals surface area contributed by atoms with Crippen LogP contribution in [-0.2, 0) is 6.54 Å². The number of carbonyl (C=O) groups is 1. The molecule has 20 heavy (non-hydrogen) atoms. The van der Waals surface area contributed by atoms with E-state index in [1.165, 1.54) is 22.8 Å². The number of hydrogen-bond donors (Lipinski definition) is 0. The maximum Gasteiger partial charge on any atom is 0.265 e. The molecular formula is C15H13BrFNO2. The first kappa shape index (κ1) is 14.7. The Kier molecular flexibility index (Phi) is 4.18. The van der Waals surface area contributed by atoms with Crippen molar-refractivity contribution in [1.29, 1.82) is 0 Å². The Bertz CT molecular complexity index is 737. The highest BCUT2D eigenvalue weighted by Crippen LogP contribution is 2.11. The van der Waals surface area contributed by atoms with E-state index in [-0.39, 0.29) is 23.7 Å². The topological polar surface area (TPSA) is 39.1 Å². The number of ketones is 1. The standard InChI is InChI=1S/C15H13BrFNO2/c1-9-5-12(16)15(20)18(7-9)8-14(19)11-3-4-13(17)10(2)6-11/h3-7H,8H2,1-2H3. The molecule has 0 N–H and O–H groups in total. The molecule has 0 aliphatic heterocycles. The molecule has 0 aliphatic carbocycles. The van der Waals surface area contributed by atoms with Gasteiger partial charge < -0.3 is 4.57 Å². The smallest absolute Gasteiger partial charge is 0.265 e. The molecule has 2 aromatic rings. The average molecular weight is 338 g/mol. The maximum absolute atomic E-state index is 13.2. The molecule has 0 aliphatic rings. The summed E-state index contributed by atoms with van der Waals surface area (Å²) >= 11 is 3.17. The highest BCUT2D eigenvalue weighted by molar-refractivity contribution is 9.10. The van der Waals surface area contributed by atoms with Gasteiger partial charge in [0.15, 0.2) is 5.78 Å². The monoisotopic (exact) mass is 337 g/mol. The van der Waals surface area contributed by atoms with Crippen molar-refractivity contribution in [3.05, 3.63) is 67.8 Å². The summed E-state index contributed by atoms with van der Waals surface area (Å²) in [5.41, 5.74) is 1.42. The quantitative estimate of drug-likeness (QED) is 0.806. The lowest BCUT2D eigenvalue weighted by Gasteiger charge is -2.08. The van der Waals surface area contributed by atoms with Crippen molar-refractivity contribution in [2.45, 2.75) is 20.4 Å². The average Bonchev–Trinajstić information content (AvgIpc) is 2.38. The minimum absolute atomic E-state index is 0.0653. The van der Waals surface area contributed by atoms with Crippen molar-refractivity contribution in [1.82, 2.24) is 4.57 Å². The van der Waals surface area contributed by atoms with Crippen LogP contribution in [0.15, 0.2) is 39.7 Å². The Morgan fingerprint density at radius 2 is 2.00 bits per heavy atom. The number of nitrogens with zero attached hydrogens (tertiary/aromatic N) is 1. The van der Waals surface area contributed by atoms with Gasteiger partial charge in [0.05, 0.1) is 11.0 Å². The van der Waals surface area contributed by atoms with Crippen molar-refractivity contribution in [2.24, 2.45) is 0 Å². The first-order chi connectivity index (χ1) is 9.38. The second-order valence-electron chi connectivity index (χ2n) is 4.69. The highest BCUT2D eigenvalue weighted by atomic mass is 79.9. The van der Waals surface area contributed by atoms with E-state index < -0.39 is 0 Å². The fourth-order valence-corrected chi connectivity index (χ4v) is 2.51. The number of halogens is 2. The van der Waals surface area contributed by atoms with Crippen molar-refractivity contribution in [3.63, 3.8) is 0 Å². The molecule has 0 unspecified atom stereocenters. The van der Waals surface area contributed by atoms with Crippen LogP contribution in [0, 0.1) is 19.7 Å². The fourth-order valence-electron chi connectivity index (χ4n) is 1.92. The Balaban J connectivity index is 2.32. The normalized spacial score (nSPS) is 10.6. The molecule has 104 valence electrons. The van der Waals surface area contributed by atoms with Gasteiger partial charge in [-0.25, -0.2) is 4.39 Å². The van der Waals surface area contributed by atoms with E-state index in [9.17, 15) is 14.0 Å². The van der Waals surface area contributed by atoms with Crippen LogP contribution >= 0.6 is 15.9 Å². The number of aromatic nitrogens is 1. The number of rotatable bonds is 3. The molecule has 0 spiro atoms. The molecule has 0 atom stereocenters. The van der Waals surface area contributed by atoms with Crippen LogP contribution in [0.25, 0.3) is 0 Å². The van der Waals surface area contributed by atoms with Crippen LogP contribution in [0.3, 0.4) is 0 Å². The van der Waals surface area contributed by atoms with Gasteiger partial charge in [0.1, 0.15) is 5.82 Å². The van der Waals surface area contributed by atoms with E-state index in [0.29, 0.717) is 15.6 Å². The SMILES string of the molecule is Cc1cc(Br)c(=O)n(CC(=O)c2ccc(F)c(C)c2)c1. The minimum Gasteiger partial charge on any atom is -0.306 e. The van der Waals surface area contributed by atoms with Crippen molar-refractivity contribution >= 4 is 21.7 Å². The second-order valence-corrected chi connectivity index (χ2v) is 5.54. The van der Waals surface area contributed by atoms with Crippen molar-refractivity contribution < 1.29 is 9.18 Å². The Hall–Kier alpha value is -1.75. The van der Waals surface area contributed by atoms with Gasteiger partial charge in [-0.3, -0.25) is 9.59 Å². The van der Waals surface area contributed by atoms with E-state index in [1.54, 1.807) is 19.2 Å². The fraction of sp³-hybridized carbons (Fsp3) is 0.200. The van der Waals surface area contributed by atoms with E-state index >= 15 is 0 Å². The van der Waals surface area contributed by atoms with Gasteiger partial charge >= 0.3 is 0 Å². The first-order valence-corrected chi connectivity index (χ1v) is 6.83. The highest BCUT2D eigenvalue weighted by Gasteiger charge is 2.11. The molecule has 1 aromatic carbocycles. The van der Waals surface area contributed by atoms with Crippen LogP contribution < -0.4 is 5.56 Å². The number of pyridine rings is 1. The zero-order valence-corrected chi connectivity index (χ0v) is 12.7. The number of carbonyl (C=O) groups excluding carboxylic acids is 1. The third-order valence-corrected chi connectivity index (χ3v) is 3.54. The lowest BCUT2D eigenvalue weighted by atomic mass is 10.1. The van der Waals surface area contributed by atoms with Crippen LogP contribution in [0.5, 0.6) is 0 Å². The molecule has 5 heteroatoms. The van der Waals surface area contributed by atoms with Gasteiger partial charge in [0.25, 0.3) is 5.56 Å². The van der Waals surface area contributed by atoms with Crippen LogP contribution in [-0.4, -0.2) is 10.4 Å². The minimum atomic E-state index is -0.350. The summed E-state index contributed by atoms with van der Waals surface area (Å²) in [6.45, 7) is 3.37.